The first kappa shape index (κ1) is 38.8. The summed E-state index contributed by atoms with van der Waals surface area (Å²) in [5.74, 6) is -0.368. The quantitative estimate of drug-likeness (QED) is 0.0946. The molecule has 0 amide bonds. The van der Waals surface area contributed by atoms with Crippen molar-refractivity contribution in [1.82, 2.24) is 9.97 Å². The summed E-state index contributed by atoms with van der Waals surface area (Å²) in [5.41, 5.74) is -0.0945. The van der Waals surface area contributed by atoms with Crippen molar-refractivity contribution in [3.63, 3.8) is 0 Å². The van der Waals surface area contributed by atoms with Crippen LogP contribution in [0.3, 0.4) is 0 Å². The van der Waals surface area contributed by atoms with E-state index >= 15 is 4.39 Å². The first-order chi connectivity index (χ1) is 27.5. The maximum absolute atomic E-state index is 16.6. The first-order valence-corrected chi connectivity index (χ1v) is 21.5. The Morgan fingerprint density at radius 2 is 1.53 bits per heavy atom. The van der Waals surface area contributed by atoms with E-state index in [0.29, 0.717) is 44.5 Å². The Morgan fingerprint density at radius 1 is 0.825 bits per heavy atom. The Kier molecular flexibility index (Phi) is 11.2. The van der Waals surface area contributed by atoms with Crippen LogP contribution in [0.25, 0.3) is 55.6 Å². The van der Waals surface area contributed by atoms with Gasteiger partial charge in [-0.05, 0) is 58.0 Å². The number of benzene rings is 4. The molecule has 0 N–H and O–H groups in total. The summed E-state index contributed by atoms with van der Waals surface area (Å²) >= 11 is 0. The van der Waals surface area contributed by atoms with Crippen molar-refractivity contribution in [2.75, 3.05) is 0 Å². The summed E-state index contributed by atoms with van der Waals surface area (Å²) in [4.78, 5) is 8.57. The molecule has 4 nitrogen and oxygen atoms in total. The number of hydrogen-bond donors (Lipinski definition) is 0. The number of hydrogen-bond acceptors (Lipinski definition) is 4. The Morgan fingerprint density at radius 3 is 2.11 bits per heavy atom. The topological polar surface area (TPSA) is 62.7 Å². The van der Waals surface area contributed by atoms with Crippen LogP contribution in [0.4, 0.5) is 22.0 Å². The van der Waals surface area contributed by atoms with Crippen molar-refractivity contribution in [2.24, 2.45) is 0 Å². The van der Waals surface area contributed by atoms with Crippen molar-refractivity contribution >= 4 is 30.0 Å². The molecule has 0 bridgehead atoms. The fourth-order valence-electron chi connectivity index (χ4n) is 6.69. The number of aryl methyl sites for hydroxylation is 1. The zero-order chi connectivity index (χ0) is 43.1. The maximum atomic E-state index is 16.6. The molecule has 0 aliphatic heterocycles. The number of halogens is 5. The standard InChI is InChI=1S/C34H31F4N2OSi.C12H9FN.Ir/c1-32(2,3)27-19-40-28(17-26(27)33(35,34(36,37)38)20-42(4,5)6)25-14-10-13-23-24-16-15-22(18-39)29(31(24)41-30(23)25)21-11-8-7-9-12-21;1-9-2-7-12(14-8-9)10-3-5-11(13)6-4-10;/h7-13,15-17,19H,20H2,1-6H3;2-3,5-8H,1H3;/q2*-1;/i;1D3;. The van der Waals surface area contributed by atoms with E-state index in [2.05, 4.69) is 28.2 Å². The van der Waals surface area contributed by atoms with Crippen LogP contribution in [-0.2, 0) is 31.2 Å². The summed E-state index contributed by atoms with van der Waals surface area (Å²) in [6.45, 7) is 8.30. The van der Waals surface area contributed by atoms with Crippen molar-refractivity contribution in [1.29, 1.82) is 5.26 Å². The second-order valence-electron chi connectivity index (χ2n) is 15.8. The van der Waals surface area contributed by atoms with E-state index in [-0.39, 0.29) is 42.7 Å². The summed E-state index contributed by atoms with van der Waals surface area (Å²) < 4.78 is 101. The van der Waals surface area contributed by atoms with E-state index in [1.54, 1.807) is 76.8 Å². The molecule has 7 rings (SSSR count). The van der Waals surface area contributed by atoms with Crippen LogP contribution >= 0.6 is 0 Å². The first-order valence-electron chi connectivity index (χ1n) is 19.3. The van der Waals surface area contributed by atoms with Gasteiger partial charge in [0.05, 0.1) is 17.2 Å². The number of nitrogens with zero attached hydrogens (tertiary/aromatic N) is 3. The number of furan rings is 1. The largest absolute Gasteiger partial charge is 0.500 e. The average molecular weight is 969 g/mol. The monoisotopic (exact) mass is 969 g/mol. The van der Waals surface area contributed by atoms with Crippen molar-refractivity contribution in [3.05, 3.63) is 144 Å². The summed E-state index contributed by atoms with van der Waals surface area (Å²) in [7, 11) is -2.55. The van der Waals surface area contributed by atoms with Crippen LogP contribution in [-0.4, -0.2) is 24.2 Å². The molecule has 1 atom stereocenters. The number of alkyl halides is 4. The molecular formula is C46H40F5IrN3OSi-2. The van der Waals surface area contributed by atoms with E-state index in [0.717, 1.165) is 10.9 Å². The third kappa shape index (κ3) is 9.09. The molecule has 4 aromatic carbocycles. The molecule has 0 aliphatic carbocycles. The van der Waals surface area contributed by atoms with Gasteiger partial charge < -0.3 is 14.4 Å². The van der Waals surface area contributed by atoms with Gasteiger partial charge in [0.25, 0.3) is 0 Å². The van der Waals surface area contributed by atoms with Gasteiger partial charge in [-0.3, -0.25) is 4.39 Å². The summed E-state index contributed by atoms with van der Waals surface area (Å²) in [5, 5.41) is 11.3. The number of pyridine rings is 2. The molecule has 3 heterocycles. The molecule has 7 aromatic rings. The predicted octanol–water partition coefficient (Wildman–Crippen LogP) is 13.3. The van der Waals surface area contributed by atoms with Gasteiger partial charge in [-0.15, -0.1) is 48.0 Å². The Bertz CT molecular complexity index is 2670. The van der Waals surface area contributed by atoms with E-state index in [9.17, 15) is 22.8 Å². The van der Waals surface area contributed by atoms with Gasteiger partial charge in [0.2, 0.25) is 5.67 Å². The zero-order valence-corrected chi connectivity index (χ0v) is 35.4. The molecule has 1 unspecified atom stereocenters. The van der Waals surface area contributed by atoms with Gasteiger partial charge in [-0.1, -0.05) is 106 Å². The van der Waals surface area contributed by atoms with Crippen molar-refractivity contribution < 1.29 is 50.6 Å². The molecular weight excluding hydrogens is 926 g/mol. The normalized spacial score (nSPS) is 14.0. The zero-order valence-electron chi connectivity index (χ0n) is 35.0. The van der Waals surface area contributed by atoms with Crippen LogP contribution in [0.5, 0.6) is 0 Å². The summed E-state index contributed by atoms with van der Waals surface area (Å²) in [6, 6.07) is 32.1. The predicted molar refractivity (Wildman–Crippen MR) is 215 cm³/mol. The minimum Gasteiger partial charge on any atom is -0.500 e. The molecule has 295 valence electrons. The number of fused-ring (bicyclic) bond motifs is 3. The average Bonchev–Trinajstić information content (AvgIpc) is 3.55. The van der Waals surface area contributed by atoms with Gasteiger partial charge in [-0.25, -0.2) is 4.39 Å². The van der Waals surface area contributed by atoms with Gasteiger partial charge in [0, 0.05) is 61.5 Å². The molecule has 0 saturated heterocycles. The third-order valence-electron chi connectivity index (χ3n) is 9.22. The Balaban J connectivity index is 0.000000317. The summed E-state index contributed by atoms with van der Waals surface area (Å²) in [6.07, 6.45) is -2.47. The third-order valence-corrected chi connectivity index (χ3v) is 10.8. The van der Waals surface area contributed by atoms with E-state index in [1.807, 2.05) is 30.3 Å². The van der Waals surface area contributed by atoms with E-state index < -0.39 is 43.8 Å². The molecule has 0 fully saturated rings. The van der Waals surface area contributed by atoms with Crippen molar-refractivity contribution in [3.8, 4) is 39.7 Å². The second kappa shape index (κ2) is 16.5. The van der Waals surface area contributed by atoms with E-state index in [1.165, 1.54) is 36.7 Å². The molecule has 11 heteroatoms. The molecule has 3 aromatic heterocycles. The Hall–Kier alpha value is -5.01. The SMILES string of the molecule is CC(C)(C)c1cnc(-c2[c-]ccc3c2oc2c(-c4ccccc4)c(C#N)ccc23)cc1C(F)(C[Si](C)(C)C)C(F)(F)F.[2H]C([2H])([2H])c1ccc(-c2[c-]cc(F)cc2)nc1.[Ir]. The number of rotatable bonds is 6. The molecule has 1 radical (unpaired) electrons. The fourth-order valence-corrected chi connectivity index (χ4v) is 8.55. The van der Waals surface area contributed by atoms with Crippen LogP contribution in [0, 0.1) is 36.1 Å². The smallest absolute Gasteiger partial charge is 0.426 e. The van der Waals surface area contributed by atoms with Crippen LogP contribution in [0.15, 0.2) is 108 Å². The van der Waals surface area contributed by atoms with Gasteiger partial charge in [0.15, 0.2) is 0 Å². The van der Waals surface area contributed by atoms with Crippen LogP contribution < -0.4 is 0 Å². The van der Waals surface area contributed by atoms with Crippen LogP contribution in [0.2, 0.25) is 25.7 Å². The molecule has 0 saturated carbocycles. The minimum atomic E-state index is -5.13. The van der Waals surface area contributed by atoms with Crippen LogP contribution in [0.1, 0.15) is 47.1 Å². The van der Waals surface area contributed by atoms with Crippen molar-refractivity contribution in [2.45, 2.75) is 70.6 Å². The second-order valence-corrected chi connectivity index (χ2v) is 21.3. The molecule has 57 heavy (non-hydrogen) atoms. The fraction of sp³-hybridized carbons (Fsp3) is 0.239. The maximum Gasteiger partial charge on any atom is 0.426 e. The van der Waals surface area contributed by atoms with Gasteiger partial charge >= 0.3 is 6.18 Å². The number of nitriles is 1. The number of aromatic nitrogens is 2. The van der Waals surface area contributed by atoms with Gasteiger partial charge in [-0.2, -0.15) is 18.4 Å². The molecule has 0 spiro atoms. The van der Waals surface area contributed by atoms with Gasteiger partial charge in [0.1, 0.15) is 5.58 Å². The minimum absolute atomic E-state index is 0. The molecule has 0 aliphatic rings. The van der Waals surface area contributed by atoms with E-state index in [4.69, 9.17) is 8.53 Å². The Labute approximate surface area is 348 Å².